The normalized spacial score (nSPS) is 12.5. The second-order valence-electron chi connectivity index (χ2n) is 5.30. The summed E-state index contributed by atoms with van der Waals surface area (Å²) in [6.07, 6.45) is 2.99. The maximum Gasteiger partial charge on any atom is 0.271 e. The number of thiazole rings is 2. The van der Waals surface area contributed by atoms with Gasteiger partial charge in [0, 0.05) is 29.7 Å². The van der Waals surface area contributed by atoms with Gasteiger partial charge in [-0.05, 0) is 20.8 Å². The first-order valence-electron chi connectivity index (χ1n) is 7.06. The van der Waals surface area contributed by atoms with Crippen LogP contribution >= 0.6 is 22.7 Å². The highest BCUT2D eigenvalue weighted by atomic mass is 32.1. The first kappa shape index (κ1) is 15.8. The first-order chi connectivity index (χ1) is 10.9. The van der Waals surface area contributed by atoms with Crippen molar-refractivity contribution in [3.05, 3.63) is 49.3 Å². The third-order valence-corrected chi connectivity index (χ3v) is 5.48. The summed E-state index contributed by atoms with van der Waals surface area (Å²) in [5.41, 5.74) is 0.597. The molecule has 0 bridgehead atoms. The Bertz CT molecular complexity index is 940. The van der Waals surface area contributed by atoms with Gasteiger partial charge in [0.2, 0.25) is 0 Å². The van der Waals surface area contributed by atoms with Crippen molar-refractivity contribution in [1.29, 1.82) is 0 Å². The molecule has 1 amide bonds. The van der Waals surface area contributed by atoms with E-state index in [9.17, 15) is 9.59 Å². The predicted molar refractivity (Wildman–Crippen MR) is 91.4 cm³/mol. The van der Waals surface area contributed by atoms with Gasteiger partial charge in [-0.3, -0.25) is 14.0 Å². The number of nitrogens with zero attached hydrogens (tertiary/aromatic N) is 4. The lowest BCUT2D eigenvalue weighted by molar-refractivity contribution is 0.0737. The number of amides is 1. The van der Waals surface area contributed by atoms with Crippen LogP contribution in [-0.2, 0) is 0 Å². The average Bonchev–Trinajstić information content (AvgIpc) is 3.12. The number of fused-ring (bicyclic) bond motifs is 1. The lowest BCUT2D eigenvalue weighted by atomic mass is 10.1. The van der Waals surface area contributed by atoms with E-state index in [1.54, 1.807) is 34.9 Å². The molecule has 0 aromatic carbocycles. The molecular weight excluding hydrogens is 332 g/mol. The van der Waals surface area contributed by atoms with Crippen LogP contribution in [0.4, 0.5) is 0 Å². The summed E-state index contributed by atoms with van der Waals surface area (Å²) in [6, 6.07) is -0.213. The molecule has 0 fully saturated rings. The minimum Gasteiger partial charge on any atom is -0.333 e. The standard InChI is InChI=1S/C15H16N4O2S2/c1-8(12-9(2)23-10(3)17-12)18(4)13(20)11-7-16-15-19(14(11)21)5-6-22-15/h5-8H,1-4H3/t8-/m1/s1. The van der Waals surface area contributed by atoms with Crippen molar-refractivity contribution in [2.45, 2.75) is 26.8 Å². The van der Waals surface area contributed by atoms with E-state index in [2.05, 4.69) is 9.97 Å². The Kier molecular flexibility index (Phi) is 4.03. The average molecular weight is 348 g/mol. The second kappa shape index (κ2) is 5.86. The Balaban J connectivity index is 1.96. The van der Waals surface area contributed by atoms with Gasteiger partial charge in [-0.1, -0.05) is 0 Å². The lowest BCUT2D eigenvalue weighted by Crippen LogP contribution is -2.35. The van der Waals surface area contributed by atoms with Crippen LogP contribution in [0.2, 0.25) is 0 Å². The SMILES string of the molecule is Cc1nc([C@@H](C)N(C)C(=O)c2cnc3sccn3c2=O)c(C)s1. The smallest absolute Gasteiger partial charge is 0.271 e. The molecule has 0 radical (unpaired) electrons. The number of hydrogen-bond donors (Lipinski definition) is 0. The molecule has 8 heteroatoms. The van der Waals surface area contributed by atoms with Crippen molar-refractivity contribution in [2.75, 3.05) is 7.05 Å². The second-order valence-corrected chi connectivity index (χ2v) is 7.58. The minimum absolute atomic E-state index is 0.0693. The molecule has 0 saturated heterocycles. The van der Waals surface area contributed by atoms with Crippen molar-refractivity contribution in [1.82, 2.24) is 19.3 Å². The summed E-state index contributed by atoms with van der Waals surface area (Å²) in [5, 5.41) is 2.73. The highest BCUT2D eigenvalue weighted by Gasteiger charge is 2.25. The van der Waals surface area contributed by atoms with Crippen molar-refractivity contribution in [2.24, 2.45) is 0 Å². The van der Waals surface area contributed by atoms with Crippen LogP contribution in [0.25, 0.3) is 4.96 Å². The number of hydrogen-bond acceptors (Lipinski definition) is 6. The lowest BCUT2D eigenvalue weighted by Gasteiger charge is -2.24. The number of carbonyl (C=O) groups excluding carboxylic acids is 1. The first-order valence-corrected chi connectivity index (χ1v) is 8.75. The molecule has 3 aromatic heterocycles. The van der Waals surface area contributed by atoms with Crippen LogP contribution < -0.4 is 5.56 Å². The van der Waals surface area contributed by atoms with E-state index in [4.69, 9.17) is 0 Å². The molecule has 0 spiro atoms. The van der Waals surface area contributed by atoms with Crippen LogP contribution in [0.5, 0.6) is 0 Å². The summed E-state index contributed by atoms with van der Waals surface area (Å²) in [4.78, 5) is 37.0. The van der Waals surface area contributed by atoms with Crippen LogP contribution in [0.3, 0.4) is 0 Å². The van der Waals surface area contributed by atoms with E-state index in [-0.39, 0.29) is 23.1 Å². The molecule has 0 saturated carbocycles. The van der Waals surface area contributed by atoms with Gasteiger partial charge < -0.3 is 4.90 Å². The van der Waals surface area contributed by atoms with Crippen molar-refractivity contribution in [3.63, 3.8) is 0 Å². The molecule has 3 heterocycles. The molecule has 0 aliphatic heterocycles. The molecule has 120 valence electrons. The summed E-state index contributed by atoms with van der Waals surface area (Å²) in [5.74, 6) is -0.347. The minimum atomic E-state index is -0.347. The fraction of sp³-hybridized carbons (Fsp3) is 0.333. The van der Waals surface area contributed by atoms with Crippen molar-refractivity contribution in [3.8, 4) is 0 Å². The Morgan fingerprint density at radius 2 is 2.13 bits per heavy atom. The number of aryl methyl sites for hydroxylation is 2. The summed E-state index contributed by atoms with van der Waals surface area (Å²) in [7, 11) is 1.68. The fourth-order valence-electron chi connectivity index (χ4n) is 2.45. The molecule has 3 aromatic rings. The van der Waals surface area contributed by atoms with Gasteiger partial charge in [0.15, 0.2) is 4.96 Å². The predicted octanol–water partition coefficient (Wildman–Crippen LogP) is 2.66. The van der Waals surface area contributed by atoms with Crippen molar-refractivity contribution < 1.29 is 4.79 Å². The van der Waals surface area contributed by atoms with Crippen LogP contribution in [0.15, 0.2) is 22.6 Å². The Labute approximate surface area is 141 Å². The molecule has 6 nitrogen and oxygen atoms in total. The number of rotatable bonds is 3. The van der Waals surface area contributed by atoms with Gasteiger partial charge in [0.05, 0.1) is 16.7 Å². The highest BCUT2D eigenvalue weighted by Crippen LogP contribution is 2.26. The summed E-state index contributed by atoms with van der Waals surface area (Å²) >= 11 is 2.96. The van der Waals surface area contributed by atoms with E-state index in [0.29, 0.717) is 4.96 Å². The molecule has 0 aliphatic carbocycles. The fourth-order valence-corrected chi connectivity index (χ4v) is 4.04. The molecule has 23 heavy (non-hydrogen) atoms. The molecule has 0 aliphatic rings. The Morgan fingerprint density at radius 3 is 2.78 bits per heavy atom. The van der Waals surface area contributed by atoms with E-state index in [1.807, 2.05) is 20.8 Å². The van der Waals surface area contributed by atoms with Crippen molar-refractivity contribution >= 4 is 33.5 Å². The molecule has 3 rings (SSSR count). The zero-order valence-corrected chi connectivity index (χ0v) is 14.9. The van der Waals surface area contributed by atoms with Gasteiger partial charge in [-0.25, -0.2) is 9.97 Å². The van der Waals surface area contributed by atoms with E-state index >= 15 is 0 Å². The molecular formula is C15H16N4O2S2. The topological polar surface area (TPSA) is 67.6 Å². The zero-order valence-electron chi connectivity index (χ0n) is 13.2. The third kappa shape index (κ3) is 2.68. The van der Waals surface area contributed by atoms with Crippen LogP contribution in [-0.4, -0.2) is 32.2 Å². The van der Waals surface area contributed by atoms with Crippen LogP contribution in [0.1, 0.15) is 38.9 Å². The van der Waals surface area contributed by atoms with Gasteiger partial charge in [-0.2, -0.15) is 0 Å². The molecule has 1 atom stereocenters. The Hall–Kier alpha value is -2.06. The molecule has 0 N–H and O–H groups in total. The van der Waals surface area contributed by atoms with Gasteiger partial charge >= 0.3 is 0 Å². The zero-order chi connectivity index (χ0) is 16.7. The molecule has 0 unspecified atom stereocenters. The van der Waals surface area contributed by atoms with Crippen LogP contribution in [0, 0.1) is 13.8 Å². The highest BCUT2D eigenvalue weighted by molar-refractivity contribution is 7.15. The number of carbonyl (C=O) groups is 1. The monoisotopic (exact) mass is 348 g/mol. The summed E-state index contributed by atoms with van der Waals surface area (Å²) < 4.78 is 1.40. The third-order valence-electron chi connectivity index (χ3n) is 3.81. The van der Waals surface area contributed by atoms with E-state index in [1.165, 1.54) is 21.9 Å². The van der Waals surface area contributed by atoms with Gasteiger partial charge in [0.1, 0.15) is 5.56 Å². The number of aromatic nitrogens is 3. The van der Waals surface area contributed by atoms with Gasteiger partial charge in [-0.15, -0.1) is 22.7 Å². The van der Waals surface area contributed by atoms with E-state index in [0.717, 1.165) is 15.6 Å². The Morgan fingerprint density at radius 1 is 1.39 bits per heavy atom. The maximum atomic E-state index is 12.7. The van der Waals surface area contributed by atoms with E-state index < -0.39 is 0 Å². The summed E-state index contributed by atoms with van der Waals surface area (Å²) in [6.45, 7) is 5.84. The maximum absolute atomic E-state index is 12.7. The van der Waals surface area contributed by atoms with Gasteiger partial charge in [0.25, 0.3) is 11.5 Å². The largest absolute Gasteiger partial charge is 0.333 e. The quantitative estimate of drug-likeness (QED) is 0.730.